The van der Waals surface area contributed by atoms with Crippen LogP contribution in [0, 0.1) is 17.1 Å². The van der Waals surface area contributed by atoms with Crippen molar-refractivity contribution < 1.29 is 14.0 Å². The third-order valence-corrected chi connectivity index (χ3v) is 2.58. The molecule has 1 aliphatic rings. The Bertz CT molecular complexity index is 535. The Morgan fingerprint density at radius 3 is 2.56 bits per heavy atom. The van der Waals surface area contributed by atoms with Gasteiger partial charge in [0.15, 0.2) is 0 Å². The van der Waals surface area contributed by atoms with E-state index in [1.165, 1.54) is 12.1 Å². The summed E-state index contributed by atoms with van der Waals surface area (Å²) >= 11 is 0. The van der Waals surface area contributed by atoms with Crippen LogP contribution in [0.1, 0.15) is 11.1 Å². The van der Waals surface area contributed by atoms with Crippen molar-refractivity contribution in [1.29, 1.82) is 5.26 Å². The molecule has 0 aliphatic carbocycles. The Labute approximate surface area is 103 Å². The fourth-order valence-corrected chi connectivity index (χ4v) is 1.77. The van der Waals surface area contributed by atoms with Crippen LogP contribution < -0.4 is 5.32 Å². The van der Waals surface area contributed by atoms with Gasteiger partial charge in [-0.3, -0.25) is 19.8 Å². The van der Waals surface area contributed by atoms with E-state index in [1.54, 1.807) is 0 Å². The lowest BCUT2D eigenvalue weighted by Gasteiger charge is -2.25. The molecule has 18 heavy (non-hydrogen) atoms. The number of carbonyl (C=O) groups is 2. The highest BCUT2D eigenvalue weighted by atomic mass is 19.1. The van der Waals surface area contributed by atoms with Crippen molar-refractivity contribution in [3.8, 4) is 6.07 Å². The second kappa shape index (κ2) is 4.94. The summed E-state index contributed by atoms with van der Waals surface area (Å²) in [7, 11) is 0. The Balaban J connectivity index is 2.23. The summed E-state index contributed by atoms with van der Waals surface area (Å²) in [6.45, 7) is 0.171. The van der Waals surface area contributed by atoms with E-state index in [9.17, 15) is 14.0 Å². The first kappa shape index (κ1) is 12.2. The molecule has 0 radical (unpaired) electrons. The fourth-order valence-electron chi connectivity index (χ4n) is 1.77. The highest BCUT2D eigenvalue weighted by Gasteiger charge is 2.25. The third-order valence-electron chi connectivity index (χ3n) is 2.58. The zero-order valence-corrected chi connectivity index (χ0v) is 9.44. The number of hydrogen-bond acceptors (Lipinski definition) is 4. The molecule has 1 heterocycles. The van der Waals surface area contributed by atoms with Crippen LogP contribution in [-0.2, 0) is 16.1 Å². The smallest absolute Gasteiger partial charge is 0.243 e. The molecule has 1 aromatic carbocycles. The van der Waals surface area contributed by atoms with Crippen molar-refractivity contribution in [3.63, 3.8) is 0 Å². The van der Waals surface area contributed by atoms with Crippen molar-refractivity contribution >= 4 is 11.8 Å². The van der Waals surface area contributed by atoms with Crippen LogP contribution in [0.4, 0.5) is 4.39 Å². The minimum atomic E-state index is -0.556. The van der Waals surface area contributed by atoms with Crippen molar-refractivity contribution in [2.24, 2.45) is 0 Å². The molecule has 2 amide bonds. The number of halogens is 1. The molecule has 1 aromatic rings. The van der Waals surface area contributed by atoms with Gasteiger partial charge in [-0.15, -0.1) is 0 Å². The van der Waals surface area contributed by atoms with Gasteiger partial charge in [-0.1, -0.05) is 0 Å². The van der Waals surface area contributed by atoms with E-state index in [0.29, 0.717) is 5.56 Å². The molecular weight excluding hydrogens is 237 g/mol. The van der Waals surface area contributed by atoms with Gasteiger partial charge in [0, 0.05) is 0 Å². The molecule has 92 valence electrons. The second-order valence-electron chi connectivity index (χ2n) is 3.94. The van der Waals surface area contributed by atoms with Gasteiger partial charge < -0.3 is 0 Å². The maximum atomic E-state index is 13.2. The summed E-state index contributed by atoms with van der Waals surface area (Å²) in [5.41, 5.74) is 0.593. The number of piperazine rings is 1. The molecule has 1 aliphatic heterocycles. The fraction of sp³-hybridized carbons (Fsp3) is 0.250. The standard InChI is InChI=1S/C12H10FN3O2/c13-10-2-8(4-14)1-9(3-10)7-16-11(17)5-15-6-12(16)18/h1-3,15H,5-7H2. The van der Waals surface area contributed by atoms with E-state index in [-0.39, 0.29) is 37.0 Å². The Morgan fingerprint density at radius 2 is 1.94 bits per heavy atom. The largest absolute Gasteiger partial charge is 0.300 e. The van der Waals surface area contributed by atoms with Crippen LogP contribution in [0.25, 0.3) is 0 Å². The predicted molar refractivity (Wildman–Crippen MR) is 59.5 cm³/mol. The zero-order valence-electron chi connectivity index (χ0n) is 9.44. The Kier molecular flexibility index (Phi) is 3.35. The van der Waals surface area contributed by atoms with E-state index in [2.05, 4.69) is 5.32 Å². The number of nitrogens with one attached hydrogen (secondary N) is 1. The van der Waals surface area contributed by atoms with E-state index in [4.69, 9.17) is 5.26 Å². The lowest BCUT2D eigenvalue weighted by atomic mass is 10.1. The Morgan fingerprint density at radius 1 is 1.28 bits per heavy atom. The number of rotatable bonds is 2. The topological polar surface area (TPSA) is 73.2 Å². The SMILES string of the molecule is N#Cc1cc(F)cc(CN2C(=O)CNCC2=O)c1. The lowest BCUT2D eigenvalue weighted by Crippen LogP contribution is -2.51. The average Bonchev–Trinajstić information content (AvgIpc) is 2.33. The molecule has 5 nitrogen and oxygen atoms in total. The van der Waals surface area contributed by atoms with Gasteiger partial charge in [-0.2, -0.15) is 5.26 Å². The number of benzene rings is 1. The number of carbonyl (C=O) groups excluding carboxylic acids is 2. The molecule has 0 aromatic heterocycles. The lowest BCUT2D eigenvalue weighted by molar-refractivity contribution is -0.147. The van der Waals surface area contributed by atoms with Gasteiger partial charge in [0.1, 0.15) is 5.82 Å². The second-order valence-corrected chi connectivity index (χ2v) is 3.94. The van der Waals surface area contributed by atoms with E-state index in [0.717, 1.165) is 11.0 Å². The van der Waals surface area contributed by atoms with Gasteiger partial charge in [0.25, 0.3) is 0 Å². The predicted octanol–water partition coefficient (Wildman–Crippen LogP) is 0.156. The van der Waals surface area contributed by atoms with Crippen molar-refractivity contribution in [2.45, 2.75) is 6.54 Å². The summed E-state index contributed by atoms with van der Waals surface area (Å²) in [6.07, 6.45) is 0. The molecule has 1 fully saturated rings. The zero-order chi connectivity index (χ0) is 13.1. The maximum Gasteiger partial charge on any atom is 0.243 e. The van der Waals surface area contributed by atoms with E-state index >= 15 is 0 Å². The molecule has 0 saturated carbocycles. The molecule has 0 bridgehead atoms. The number of nitriles is 1. The Hall–Kier alpha value is -2.26. The first-order valence-corrected chi connectivity index (χ1v) is 5.33. The van der Waals surface area contributed by atoms with Crippen LogP contribution in [0.15, 0.2) is 18.2 Å². The average molecular weight is 247 g/mol. The minimum absolute atomic E-state index is 0.00815. The number of imide groups is 1. The molecule has 0 atom stereocenters. The van der Waals surface area contributed by atoms with Gasteiger partial charge >= 0.3 is 0 Å². The quantitative estimate of drug-likeness (QED) is 0.755. The van der Waals surface area contributed by atoms with Gasteiger partial charge in [0.05, 0.1) is 31.3 Å². The minimum Gasteiger partial charge on any atom is -0.300 e. The highest BCUT2D eigenvalue weighted by Crippen LogP contribution is 2.12. The first-order chi connectivity index (χ1) is 8.60. The summed E-state index contributed by atoms with van der Waals surface area (Å²) in [5.74, 6) is -1.26. The number of nitrogens with zero attached hydrogens (tertiary/aromatic N) is 2. The van der Waals surface area contributed by atoms with Crippen LogP contribution in [0.5, 0.6) is 0 Å². The molecule has 0 unspecified atom stereocenters. The maximum absolute atomic E-state index is 13.2. The molecule has 1 N–H and O–H groups in total. The van der Waals surface area contributed by atoms with Crippen LogP contribution >= 0.6 is 0 Å². The summed E-state index contributed by atoms with van der Waals surface area (Å²) < 4.78 is 13.2. The first-order valence-electron chi connectivity index (χ1n) is 5.33. The third kappa shape index (κ3) is 2.52. The summed E-state index contributed by atoms with van der Waals surface area (Å²) in [4.78, 5) is 24.1. The molecule has 0 spiro atoms. The summed E-state index contributed by atoms with van der Waals surface area (Å²) in [5, 5.41) is 11.4. The normalized spacial score (nSPS) is 15.7. The van der Waals surface area contributed by atoms with E-state index < -0.39 is 5.82 Å². The molecule has 2 rings (SSSR count). The van der Waals surface area contributed by atoms with Crippen LogP contribution in [0.3, 0.4) is 0 Å². The van der Waals surface area contributed by atoms with E-state index in [1.807, 2.05) is 6.07 Å². The van der Waals surface area contributed by atoms with Crippen LogP contribution in [-0.4, -0.2) is 29.8 Å². The number of amides is 2. The summed E-state index contributed by atoms with van der Waals surface area (Å²) in [6, 6.07) is 5.60. The monoisotopic (exact) mass is 247 g/mol. The van der Waals surface area contributed by atoms with Gasteiger partial charge in [0.2, 0.25) is 11.8 Å². The van der Waals surface area contributed by atoms with Crippen molar-refractivity contribution in [1.82, 2.24) is 10.2 Å². The number of hydrogen-bond donors (Lipinski definition) is 1. The van der Waals surface area contributed by atoms with Crippen LogP contribution in [0.2, 0.25) is 0 Å². The van der Waals surface area contributed by atoms with Gasteiger partial charge in [-0.05, 0) is 23.8 Å². The van der Waals surface area contributed by atoms with Gasteiger partial charge in [-0.25, -0.2) is 4.39 Å². The molecule has 1 saturated heterocycles. The van der Waals surface area contributed by atoms with Crippen molar-refractivity contribution in [3.05, 3.63) is 35.1 Å². The molecular formula is C12H10FN3O2. The van der Waals surface area contributed by atoms with Crippen molar-refractivity contribution in [2.75, 3.05) is 13.1 Å². The molecule has 6 heteroatoms. The highest BCUT2D eigenvalue weighted by molar-refractivity contribution is 5.99.